The third-order valence-electron chi connectivity index (χ3n) is 4.37. The van der Waals surface area contributed by atoms with Gasteiger partial charge in [-0.2, -0.15) is 5.10 Å². The number of ether oxygens (including phenoxy) is 1. The van der Waals surface area contributed by atoms with Crippen molar-refractivity contribution in [3.8, 4) is 17.1 Å². The van der Waals surface area contributed by atoms with Gasteiger partial charge in [0.1, 0.15) is 5.75 Å². The number of H-pyrrole nitrogens is 1. The fraction of sp³-hybridized carbons (Fsp3) is 0.238. The average molecular weight is 426 g/mol. The molecule has 0 fully saturated rings. The molecule has 0 spiro atoms. The number of hydrazine groups is 1. The summed E-state index contributed by atoms with van der Waals surface area (Å²) in [5, 5.41) is 7.03. The number of aromatic nitrogens is 3. The van der Waals surface area contributed by atoms with Crippen LogP contribution in [0.4, 0.5) is 0 Å². The first-order valence-electron chi connectivity index (χ1n) is 9.52. The van der Waals surface area contributed by atoms with Gasteiger partial charge in [0, 0.05) is 24.1 Å². The minimum atomic E-state index is -0.410. The summed E-state index contributed by atoms with van der Waals surface area (Å²) in [4.78, 5) is 24.4. The van der Waals surface area contributed by atoms with Crippen LogP contribution in [0.1, 0.15) is 29.3 Å². The number of hydrogen-bond acceptors (Lipinski definition) is 5. The van der Waals surface area contributed by atoms with E-state index in [1.54, 1.807) is 28.8 Å². The molecule has 0 aliphatic rings. The van der Waals surface area contributed by atoms with Gasteiger partial charge in [-0.1, -0.05) is 29.8 Å². The van der Waals surface area contributed by atoms with Gasteiger partial charge in [0.2, 0.25) is 5.91 Å². The minimum absolute atomic E-state index is 0.121. The van der Waals surface area contributed by atoms with Crippen molar-refractivity contribution in [2.24, 2.45) is 0 Å². The molecule has 0 unspecified atom stereocenters. The van der Waals surface area contributed by atoms with E-state index in [1.165, 1.54) is 0 Å². The Balaban J connectivity index is 1.55. The molecule has 3 aromatic rings. The second-order valence-electron chi connectivity index (χ2n) is 6.58. The van der Waals surface area contributed by atoms with Gasteiger partial charge in [0.15, 0.2) is 10.6 Å². The summed E-state index contributed by atoms with van der Waals surface area (Å²) in [7, 11) is 0. The summed E-state index contributed by atoms with van der Waals surface area (Å²) in [6.07, 6.45) is 0.121. The number of hydrogen-bond donors (Lipinski definition) is 3. The standard InChI is InChI=1S/C21H23N5O3S/c1-3-29-17-10-8-16(9-11-17)20(28)24-22-18(27)12-13-26-19(23-25-21(26)30)15-6-4-14(2)5-7-15/h4-11H,3,12-13H2,1-2H3,(H,22,27)(H,24,28)(H,25,30). The van der Waals surface area contributed by atoms with E-state index in [9.17, 15) is 9.59 Å². The molecule has 9 heteroatoms. The van der Waals surface area contributed by atoms with Gasteiger partial charge in [0.25, 0.3) is 5.91 Å². The van der Waals surface area contributed by atoms with Crippen molar-refractivity contribution in [2.75, 3.05) is 6.61 Å². The third-order valence-corrected chi connectivity index (χ3v) is 4.69. The van der Waals surface area contributed by atoms with Gasteiger partial charge in [-0.3, -0.25) is 30.1 Å². The number of carbonyl (C=O) groups is 2. The van der Waals surface area contributed by atoms with E-state index < -0.39 is 5.91 Å². The molecule has 0 bridgehead atoms. The number of amides is 2. The van der Waals surface area contributed by atoms with Crippen LogP contribution in [0, 0.1) is 11.7 Å². The Morgan fingerprint density at radius 2 is 1.80 bits per heavy atom. The molecule has 0 atom stereocenters. The fourth-order valence-electron chi connectivity index (χ4n) is 2.79. The van der Waals surface area contributed by atoms with E-state index in [0.717, 1.165) is 11.1 Å². The highest BCUT2D eigenvalue weighted by atomic mass is 32.1. The van der Waals surface area contributed by atoms with Crippen LogP contribution in [-0.2, 0) is 11.3 Å². The van der Waals surface area contributed by atoms with Crippen molar-refractivity contribution < 1.29 is 14.3 Å². The lowest BCUT2D eigenvalue weighted by molar-refractivity contribution is -0.122. The molecular formula is C21H23N5O3S. The first kappa shape index (κ1) is 21.3. The van der Waals surface area contributed by atoms with Crippen molar-refractivity contribution in [1.29, 1.82) is 0 Å². The molecule has 0 aliphatic heterocycles. The molecule has 3 N–H and O–H groups in total. The molecule has 8 nitrogen and oxygen atoms in total. The third kappa shape index (κ3) is 5.32. The van der Waals surface area contributed by atoms with E-state index in [1.807, 2.05) is 38.1 Å². The molecule has 0 aliphatic carbocycles. The first-order valence-corrected chi connectivity index (χ1v) is 9.93. The van der Waals surface area contributed by atoms with Gasteiger partial charge in [-0.05, 0) is 50.3 Å². The second kappa shape index (κ2) is 9.84. The fourth-order valence-corrected chi connectivity index (χ4v) is 3.02. The lowest BCUT2D eigenvalue weighted by Crippen LogP contribution is -2.41. The highest BCUT2D eigenvalue weighted by molar-refractivity contribution is 7.71. The SMILES string of the molecule is CCOc1ccc(C(=O)NNC(=O)CCn2c(-c3ccc(C)cc3)n[nH]c2=S)cc1. The zero-order valence-corrected chi connectivity index (χ0v) is 17.6. The Bertz CT molecular complexity index is 1070. The van der Waals surface area contributed by atoms with Crippen LogP contribution in [0.25, 0.3) is 11.4 Å². The average Bonchev–Trinajstić information content (AvgIpc) is 3.12. The molecule has 0 saturated heterocycles. The predicted octanol–water partition coefficient (Wildman–Crippen LogP) is 3.17. The number of aromatic amines is 1. The Labute approximate surface area is 179 Å². The lowest BCUT2D eigenvalue weighted by Gasteiger charge is -2.10. The van der Waals surface area contributed by atoms with E-state index in [2.05, 4.69) is 21.0 Å². The molecule has 0 radical (unpaired) electrons. The number of benzene rings is 2. The monoisotopic (exact) mass is 425 g/mol. The quantitative estimate of drug-likeness (QED) is 0.399. The number of rotatable bonds is 7. The maximum atomic E-state index is 12.2. The Kier molecular flexibility index (Phi) is 6.97. The molecule has 2 amide bonds. The minimum Gasteiger partial charge on any atom is -0.494 e. The Morgan fingerprint density at radius 1 is 1.10 bits per heavy atom. The maximum Gasteiger partial charge on any atom is 0.269 e. The summed E-state index contributed by atoms with van der Waals surface area (Å²) in [6.45, 7) is 4.76. The van der Waals surface area contributed by atoms with E-state index in [4.69, 9.17) is 17.0 Å². The lowest BCUT2D eigenvalue weighted by atomic mass is 10.1. The van der Waals surface area contributed by atoms with Crippen molar-refractivity contribution in [3.63, 3.8) is 0 Å². The van der Waals surface area contributed by atoms with Gasteiger partial charge in [-0.25, -0.2) is 0 Å². The summed E-state index contributed by atoms with van der Waals surface area (Å²) >= 11 is 5.28. The Morgan fingerprint density at radius 3 is 2.47 bits per heavy atom. The van der Waals surface area contributed by atoms with Crippen LogP contribution < -0.4 is 15.6 Å². The van der Waals surface area contributed by atoms with Crippen LogP contribution >= 0.6 is 12.2 Å². The van der Waals surface area contributed by atoms with Crippen LogP contribution in [0.15, 0.2) is 48.5 Å². The van der Waals surface area contributed by atoms with Crippen LogP contribution in [0.3, 0.4) is 0 Å². The van der Waals surface area contributed by atoms with Gasteiger partial charge < -0.3 is 4.74 Å². The molecule has 1 aromatic heterocycles. The molecule has 30 heavy (non-hydrogen) atoms. The topological polar surface area (TPSA) is 101 Å². The molecule has 3 rings (SSSR count). The molecule has 156 valence electrons. The largest absolute Gasteiger partial charge is 0.494 e. The van der Waals surface area contributed by atoms with Crippen molar-refractivity contribution >= 4 is 24.0 Å². The second-order valence-corrected chi connectivity index (χ2v) is 6.97. The highest BCUT2D eigenvalue weighted by Gasteiger charge is 2.12. The van der Waals surface area contributed by atoms with Gasteiger partial charge >= 0.3 is 0 Å². The summed E-state index contributed by atoms with van der Waals surface area (Å²) in [5.41, 5.74) is 7.29. The van der Waals surface area contributed by atoms with E-state index in [0.29, 0.717) is 35.1 Å². The van der Waals surface area contributed by atoms with E-state index >= 15 is 0 Å². The smallest absolute Gasteiger partial charge is 0.269 e. The van der Waals surface area contributed by atoms with E-state index in [-0.39, 0.29) is 12.3 Å². The predicted molar refractivity (Wildman–Crippen MR) is 115 cm³/mol. The number of aryl methyl sites for hydroxylation is 1. The number of carbonyl (C=O) groups excluding carboxylic acids is 2. The van der Waals surface area contributed by atoms with Crippen LogP contribution in [-0.4, -0.2) is 33.2 Å². The summed E-state index contributed by atoms with van der Waals surface area (Å²) < 4.78 is 7.53. The van der Waals surface area contributed by atoms with Crippen LogP contribution in [0.2, 0.25) is 0 Å². The molecule has 0 saturated carbocycles. The normalized spacial score (nSPS) is 10.5. The molecule has 2 aromatic carbocycles. The zero-order chi connectivity index (χ0) is 21.5. The van der Waals surface area contributed by atoms with Gasteiger partial charge in [0.05, 0.1) is 6.61 Å². The van der Waals surface area contributed by atoms with Crippen molar-refractivity contribution in [2.45, 2.75) is 26.8 Å². The van der Waals surface area contributed by atoms with Crippen molar-refractivity contribution in [3.05, 3.63) is 64.4 Å². The zero-order valence-electron chi connectivity index (χ0n) is 16.8. The van der Waals surface area contributed by atoms with Crippen molar-refractivity contribution in [1.82, 2.24) is 25.6 Å². The van der Waals surface area contributed by atoms with Crippen LogP contribution in [0.5, 0.6) is 5.75 Å². The summed E-state index contributed by atoms with van der Waals surface area (Å²) in [5.74, 6) is 0.587. The Hall–Kier alpha value is -3.46. The number of nitrogens with zero attached hydrogens (tertiary/aromatic N) is 2. The van der Waals surface area contributed by atoms with Gasteiger partial charge in [-0.15, -0.1) is 0 Å². The molecular weight excluding hydrogens is 402 g/mol. The summed E-state index contributed by atoms with van der Waals surface area (Å²) in [6, 6.07) is 14.5. The highest BCUT2D eigenvalue weighted by Crippen LogP contribution is 2.18. The number of nitrogens with one attached hydrogen (secondary N) is 3. The molecule has 1 heterocycles. The maximum absolute atomic E-state index is 12.2. The first-order chi connectivity index (χ1) is 14.5.